The van der Waals surface area contributed by atoms with Crippen LogP contribution in [-0.2, 0) is 11.3 Å². The third kappa shape index (κ3) is 5.19. The number of rotatable bonds is 9. The number of amides is 1. The lowest BCUT2D eigenvalue weighted by molar-refractivity contribution is -0.123. The molecule has 0 bridgehead atoms. The zero-order chi connectivity index (χ0) is 20.6. The van der Waals surface area contributed by atoms with Crippen molar-refractivity contribution in [2.75, 3.05) is 27.9 Å². The fourth-order valence-corrected chi connectivity index (χ4v) is 2.58. The summed E-state index contributed by atoms with van der Waals surface area (Å²) in [5, 5.41) is 6.73. The number of hydrogen-bond donors (Lipinski definition) is 1. The van der Waals surface area contributed by atoms with Crippen molar-refractivity contribution in [3.63, 3.8) is 0 Å². The standard InChI is InChI=1S/C21H22N2O6/c1-25-16-5-7-17(8-6-16)28-13-21(24)22-12-15-11-19(29-23-15)14-4-9-18(26-2)20(10-14)27-3/h4-11H,12-13H2,1-3H3,(H,22,24). The highest BCUT2D eigenvalue weighted by molar-refractivity contribution is 5.77. The van der Waals surface area contributed by atoms with Gasteiger partial charge in [0.2, 0.25) is 0 Å². The first-order chi connectivity index (χ1) is 14.1. The Morgan fingerprint density at radius 3 is 2.34 bits per heavy atom. The van der Waals surface area contributed by atoms with E-state index in [0.717, 1.165) is 11.3 Å². The largest absolute Gasteiger partial charge is 0.497 e. The molecule has 0 saturated carbocycles. The van der Waals surface area contributed by atoms with E-state index in [9.17, 15) is 4.79 Å². The van der Waals surface area contributed by atoms with E-state index in [-0.39, 0.29) is 19.1 Å². The molecule has 0 saturated heterocycles. The van der Waals surface area contributed by atoms with Gasteiger partial charge in [0.1, 0.15) is 17.2 Å². The Labute approximate surface area is 168 Å². The average Bonchev–Trinajstić information content (AvgIpc) is 3.25. The number of methoxy groups -OCH3 is 3. The molecule has 0 unspecified atom stereocenters. The van der Waals surface area contributed by atoms with E-state index < -0.39 is 0 Å². The summed E-state index contributed by atoms with van der Waals surface area (Å²) in [6, 6.07) is 14.2. The van der Waals surface area contributed by atoms with E-state index >= 15 is 0 Å². The number of carbonyl (C=O) groups excluding carboxylic acids is 1. The van der Waals surface area contributed by atoms with Crippen LogP contribution in [0.4, 0.5) is 0 Å². The van der Waals surface area contributed by atoms with E-state index in [4.69, 9.17) is 23.5 Å². The van der Waals surface area contributed by atoms with Crippen LogP contribution in [0.1, 0.15) is 5.69 Å². The van der Waals surface area contributed by atoms with Gasteiger partial charge in [0.25, 0.3) is 5.91 Å². The molecule has 1 aromatic heterocycles. The Kier molecular flexibility index (Phi) is 6.57. The van der Waals surface area contributed by atoms with Gasteiger partial charge in [-0.25, -0.2) is 0 Å². The van der Waals surface area contributed by atoms with Crippen molar-refractivity contribution in [1.82, 2.24) is 10.5 Å². The number of nitrogens with zero attached hydrogens (tertiary/aromatic N) is 1. The monoisotopic (exact) mass is 398 g/mol. The summed E-state index contributed by atoms with van der Waals surface area (Å²) >= 11 is 0. The van der Waals surface area contributed by atoms with Crippen LogP contribution >= 0.6 is 0 Å². The minimum atomic E-state index is -0.267. The molecule has 0 fully saturated rings. The first-order valence-corrected chi connectivity index (χ1v) is 8.84. The molecule has 0 aliphatic carbocycles. The molecule has 8 nitrogen and oxygen atoms in total. The molecular weight excluding hydrogens is 376 g/mol. The summed E-state index contributed by atoms with van der Waals surface area (Å²) in [6.07, 6.45) is 0. The zero-order valence-electron chi connectivity index (χ0n) is 16.4. The Bertz CT molecular complexity index is 952. The predicted molar refractivity (Wildman–Crippen MR) is 105 cm³/mol. The van der Waals surface area contributed by atoms with Gasteiger partial charge in [-0.1, -0.05) is 5.16 Å². The lowest BCUT2D eigenvalue weighted by Crippen LogP contribution is -2.28. The van der Waals surface area contributed by atoms with Crippen molar-refractivity contribution in [3.8, 4) is 34.3 Å². The number of benzene rings is 2. The Balaban J connectivity index is 1.52. The highest BCUT2D eigenvalue weighted by Gasteiger charge is 2.12. The van der Waals surface area contributed by atoms with Crippen molar-refractivity contribution in [3.05, 3.63) is 54.2 Å². The summed E-state index contributed by atoms with van der Waals surface area (Å²) in [5.41, 5.74) is 1.38. The molecular formula is C21H22N2O6. The van der Waals surface area contributed by atoms with Crippen LogP contribution in [0, 0.1) is 0 Å². The SMILES string of the molecule is COc1ccc(OCC(=O)NCc2cc(-c3ccc(OC)c(OC)c3)on2)cc1. The van der Waals surface area contributed by atoms with Crippen molar-refractivity contribution >= 4 is 5.91 Å². The lowest BCUT2D eigenvalue weighted by Gasteiger charge is -2.07. The maximum Gasteiger partial charge on any atom is 0.258 e. The molecule has 0 aliphatic rings. The molecule has 3 rings (SSSR count). The fourth-order valence-electron chi connectivity index (χ4n) is 2.58. The number of aromatic nitrogens is 1. The normalized spacial score (nSPS) is 10.3. The maximum atomic E-state index is 12.0. The van der Waals surface area contributed by atoms with Gasteiger partial charge >= 0.3 is 0 Å². The average molecular weight is 398 g/mol. The Morgan fingerprint density at radius 1 is 0.931 bits per heavy atom. The summed E-state index contributed by atoms with van der Waals surface area (Å²) in [6.45, 7) is 0.119. The molecule has 1 N–H and O–H groups in total. The van der Waals surface area contributed by atoms with Crippen LogP contribution < -0.4 is 24.3 Å². The highest BCUT2D eigenvalue weighted by Crippen LogP contribution is 2.32. The van der Waals surface area contributed by atoms with Crippen LogP contribution in [-0.4, -0.2) is 39.0 Å². The second kappa shape index (κ2) is 9.50. The molecule has 1 amide bonds. The molecule has 1 heterocycles. The maximum absolute atomic E-state index is 12.0. The lowest BCUT2D eigenvalue weighted by atomic mass is 10.1. The van der Waals surface area contributed by atoms with E-state index in [2.05, 4.69) is 10.5 Å². The van der Waals surface area contributed by atoms with Gasteiger partial charge in [-0.3, -0.25) is 4.79 Å². The summed E-state index contributed by atoms with van der Waals surface area (Å²) < 4.78 is 26.4. The van der Waals surface area contributed by atoms with Gasteiger partial charge in [0, 0.05) is 11.6 Å². The third-order valence-electron chi connectivity index (χ3n) is 4.12. The molecule has 29 heavy (non-hydrogen) atoms. The van der Waals surface area contributed by atoms with Crippen molar-refractivity contribution < 1.29 is 28.3 Å². The van der Waals surface area contributed by atoms with E-state index in [1.54, 1.807) is 63.8 Å². The topological polar surface area (TPSA) is 92.1 Å². The summed E-state index contributed by atoms with van der Waals surface area (Å²) in [7, 11) is 4.73. The first-order valence-electron chi connectivity index (χ1n) is 8.84. The van der Waals surface area contributed by atoms with Crippen LogP contribution in [0.5, 0.6) is 23.0 Å². The summed E-state index contributed by atoms with van der Waals surface area (Å²) in [5.74, 6) is 2.81. The molecule has 2 aromatic carbocycles. The Morgan fingerprint density at radius 2 is 1.66 bits per heavy atom. The smallest absolute Gasteiger partial charge is 0.258 e. The van der Waals surface area contributed by atoms with Crippen molar-refractivity contribution in [2.24, 2.45) is 0 Å². The Hall–Kier alpha value is -3.68. The van der Waals surface area contributed by atoms with Gasteiger partial charge < -0.3 is 28.8 Å². The number of nitrogens with one attached hydrogen (secondary N) is 1. The number of hydrogen-bond acceptors (Lipinski definition) is 7. The van der Waals surface area contributed by atoms with Gasteiger partial charge in [0.15, 0.2) is 23.9 Å². The predicted octanol–water partition coefficient (Wildman–Crippen LogP) is 3.06. The third-order valence-corrected chi connectivity index (χ3v) is 4.12. The van der Waals surface area contributed by atoms with Crippen molar-refractivity contribution in [2.45, 2.75) is 6.54 Å². The molecule has 3 aromatic rings. The quantitative estimate of drug-likeness (QED) is 0.592. The van der Waals surface area contributed by atoms with Crippen LogP contribution in [0.15, 0.2) is 53.1 Å². The molecule has 0 atom stereocenters. The van der Waals surface area contributed by atoms with Crippen molar-refractivity contribution in [1.29, 1.82) is 0 Å². The van der Waals surface area contributed by atoms with Crippen LogP contribution in [0.3, 0.4) is 0 Å². The summed E-state index contributed by atoms with van der Waals surface area (Å²) in [4.78, 5) is 12.0. The zero-order valence-corrected chi connectivity index (χ0v) is 16.4. The van der Waals surface area contributed by atoms with E-state index in [1.807, 2.05) is 6.07 Å². The van der Waals surface area contributed by atoms with Gasteiger partial charge in [0.05, 0.1) is 27.9 Å². The highest BCUT2D eigenvalue weighted by atomic mass is 16.5. The van der Waals surface area contributed by atoms with Gasteiger partial charge in [-0.2, -0.15) is 0 Å². The molecule has 8 heteroatoms. The molecule has 0 aliphatic heterocycles. The second-order valence-corrected chi connectivity index (χ2v) is 5.99. The molecule has 0 radical (unpaired) electrons. The van der Waals surface area contributed by atoms with Gasteiger partial charge in [-0.05, 0) is 42.5 Å². The second-order valence-electron chi connectivity index (χ2n) is 5.99. The van der Waals surface area contributed by atoms with Gasteiger partial charge in [-0.15, -0.1) is 0 Å². The van der Waals surface area contributed by atoms with Crippen LogP contribution in [0.25, 0.3) is 11.3 Å². The molecule has 0 spiro atoms. The minimum Gasteiger partial charge on any atom is -0.497 e. The fraction of sp³-hybridized carbons (Fsp3) is 0.238. The first kappa shape index (κ1) is 20.1. The van der Waals surface area contributed by atoms with E-state index in [0.29, 0.717) is 28.7 Å². The van der Waals surface area contributed by atoms with Crippen LogP contribution in [0.2, 0.25) is 0 Å². The number of carbonyl (C=O) groups is 1. The van der Waals surface area contributed by atoms with E-state index in [1.165, 1.54) is 0 Å². The minimum absolute atomic E-state index is 0.104. The number of ether oxygens (including phenoxy) is 4. The molecule has 152 valence electrons.